The molecule has 3 rings (SSSR count). The van der Waals surface area contributed by atoms with Gasteiger partial charge in [0.1, 0.15) is 11.6 Å². The molecule has 0 spiro atoms. The van der Waals surface area contributed by atoms with Crippen molar-refractivity contribution in [3.63, 3.8) is 0 Å². The van der Waals surface area contributed by atoms with Crippen LogP contribution in [0.5, 0.6) is 5.75 Å². The molecule has 2 aromatic carbocycles. The van der Waals surface area contributed by atoms with E-state index in [0.717, 1.165) is 0 Å². The first-order valence-corrected chi connectivity index (χ1v) is 9.14. The van der Waals surface area contributed by atoms with Gasteiger partial charge in [-0.1, -0.05) is 36.0 Å². The lowest BCUT2D eigenvalue weighted by Crippen LogP contribution is -2.03. The number of carbonyl (C=O) groups excluding carboxylic acids is 1. The predicted molar refractivity (Wildman–Crippen MR) is 97.5 cm³/mol. The Morgan fingerprint density at radius 3 is 2.85 bits per heavy atom. The first-order valence-electron chi connectivity index (χ1n) is 8.15. The van der Waals surface area contributed by atoms with E-state index in [1.807, 2.05) is 0 Å². The smallest absolute Gasteiger partial charge is 0.337 e. The zero-order valence-electron chi connectivity index (χ0n) is 14.6. The van der Waals surface area contributed by atoms with Gasteiger partial charge in [-0.3, -0.25) is 0 Å². The summed E-state index contributed by atoms with van der Waals surface area (Å²) in [5, 5.41) is 8.27. The van der Waals surface area contributed by atoms with Crippen molar-refractivity contribution < 1.29 is 23.1 Å². The molecule has 0 saturated heterocycles. The van der Waals surface area contributed by atoms with E-state index in [0.29, 0.717) is 40.3 Å². The molecular formula is C19H17FN2O4S. The molecule has 0 unspecified atom stereocenters. The molecule has 0 atom stereocenters. The van der Waals surface area contributed by atoms with Crippen molar-refractivity contribution in [2.24, 2.45) is 0 Å². The molecule has 0 saturated carbocycles. The molecule has 0 aliphatic carbocycles. The number of nitrogens with zero attached hydrogens (tertiary/aromatic N) is 2. The third-order valence-corrected chi connectivity index (χ3v) is 4.36. The van der Waals surface area contributed by atoms with Gasteiger partial charge in [-0.2, -0.15) is 0 Å². The normalized spacial score (nSPS) is 10.6. The zero-order chi connectivity index (χ0) is 19.1. The molecule has 0 aliphatic heterocycles. The van der Waals surface area contributed by atoms with E-state index in [2.05, 4.69) is 14.9 Å². The van der Waals surface area contributed by atoms with Gasteiger partial charge in [0.2, 0.25) is 5.89 Å². The maximum absolute atomic E-state index is 13.7. The fourth-order valence-corrected chi connectivity index (χ4v) is 2.89. The average Bonchev–Trinajstić information content (AvgIpc) is 3.14. The van der Waals surface area contributed by atoms with Crippen molar-refractivity contribution in [3.8, 4) is 5.75 Å². The van der Waals surface area contributed by atoms with Crippen LogP contribution in [-0.4, -0.2) is 35.6 Å². The second-order valence-corrected chi connectivity index (χ2v) is 6.49. The summed E-state index contributed by atoms with van der Waals surface area (Å²) in [5.41, 5.74) is 0.934. The lowest BCUT2D eigenvalue weighted by atomic mass is 10.1. The fraction of sp³-hybridized carbons (Fsp3) is 0.211. The van der Waals surface area contributed by atoms with Gasteiger partial charge >= 0.3 is 5.97 Å². The minimum absolute atomic E-state index is 0.247. The van der Waals surface area contributed by atoms with Gasteiger partial charge in [0.05, 0.1) is 25.7 Å². The lowest BCUT2D eigenvalue weighted by molar-refractivity contribution is 0.0600. The highest BCUT2D eigenvalue weighted by atomic mass is 32.2. The van der Waals surface area contributed by atoms with Crippen molar-refractivity contribution in [1.82, 2.24) is 10.2 Å². The number of esters is 1. The van der Waals surface area contributed by atoms with Gasteiger partial charge in [-0.05, 0) is 29.8 Å². The van der Waals surface area contributed by atoms with Gasteiger partial charge in [-0.15, -0.1) is 10.2 Å². The molecule has 0 aliphatic rings. The number of thioether (sulfide) groups is 1. The van der Waals surface area contributed by atoms with Gasteiger partial charge in [-0.25, -0.2) is 9.18 Å². The second-order valence-electron chi connectivity index (χ2n) is 5.45. The van der Waals surface area contributed by atoms with Crippen molar-refractivity contribution in [2.75, 3.05) is 19.5 Å². The van der Waals surface area contributed by atoms with Crippen LogP contribution in [0.3, 0.4) is 0 Å². The Hall–Kier alpha value is -2.87. The Morgan fingerprint density at radius 2 is 2.04 bits per heavy atom. The molecule has 0 fully saturated rings. The van der Waals surface area contributed by atoms with Crippen molar-refractivity contribution in [1.29, 1.82) is 0 Å². The number of methoxy groups -OCH3 is 1. The highest BCUT2D eigenvalue weighted by molar-refractivity contribution is 7.99. The van der Waals surface area contributed by atoms with Gasteiger partial charge in [0.15, 0.2) is 0 Å². The summed E-state index contributed by atoms with van der Waals surface area (Å²) in [7, 11) is 1.33. The number of carbonyl (C=O) groups is 1. The summed E-state index contributed by atoms with van der Waals surface area (Å²) in [4.78, 5) is 11.5. The topological polar surface area (TPSA) is 74.5 Å². The fourth-order valence-electron chi connectivity index (χ4n) is 2.29. The summed E-state index contributed by atoms with van der Waals surface area (Å²) < 4.78 is 29.5. The van der Waals surface area contributed by atoms with E-state index in [4.69, 9.17) is 9.15 Å². The largest absolute Gasteiger partial charge is 0.493 e. The molecule has 6 nitrogen and oxygen atoms in total. The molecule has 1 aromatic heterocycles. The Kier molecular flexibility index (Phi) is 6.43. The summed E-state index contributed by atoms with van der Waals surface area (Å²) >= 11 is 1.34. The number of aromatic nitrogens is 2. The summed E-state index contributed by atoms with van der Waals surface area (Å²) in [6.45, 7) is 0.389. The number of rotatable bonds is 8. The number of hydrogen-bond acceptors (Lipinski definition) is 7. The van der Waals surface area contributed by atoms with E-state index in [9.17, 15) is 9.18 Å². The van der Waals surface area contributed by atoms with Crippen molar-refractivity contribution >= 4 is 17.7 Å². The summed E-state index contributed by atoms with van der Waals surface area (Å²) in [6.07, 6.45) is 0.247. The standard InChI is InChI=1S/C19H17FN2O4S/c1-24-18(23)14-6-4-7-15(11-14)25-9-10-27-19-22-21-17(26-19)12-13-5-2-3-8-16(13)20/h2-8,11H,9-10,12H2,1H3. The van der Waals surface area contributed by atoms with Crippen LogP contribution >= 0.6 is 11.8 Å². The van der Waals surface area contributed by atoms with E-state index in [-0.39, 0.29) is 12.2 Å². The average molecular weight is 388 g/mol. The van der Waals surface area contributed by atoms with Gasteiger partial charge in [0.25, 0.3) is 5.22 Å². The van der Waals surface area contributed by atoms with Gasteiger partial charge in [0, 0.05) is 5.75 Å². The minimum atomic E-state index is -0.414. The molecule has 8 heteroatoms. The van der Waals surface area contributed by atoms with Crippen LogP contribution in [0.1, 0.15) is 21.8 Å². The van der Waals surface area contributed by atoms with Crippen molar-refractivity contribution in [2.45, 2.75) is 11.6 Å². The molecule has 0 amide bonds. The van der Waals surface area contributed by atoms with Crippen LogP contribution in [0.25, 0.3) is 0 Å². The van der Waals surface area contributed by atoms with E-state index in [1.54, 1.807) is 42.5 Å². The van der Waals surface area contributed by atoms with Crippen LogP contribution < -0.4 is 4.74 Å². The minimum Gasteiger partial charge on any atom is -0.493 e. The lowest BCUT2D eigenvalue weighted by Gasteiger charge is -2.06. The SMILES string of the molecule is COC(=O)c1cccc(OCCSc2nnc(Cc3ccccc3F)o2)c1. The third-order valence-electron chi connectivity index (χ3n) is 3.58. The molecule has 0 N–H and O–H groups in total. The van der Waals surface area contributed by atoms with Crippen LogP contribution in [0.15, 0.2) is 58.2 Å². The monoisotopic (exact) mass is 388 g/mol. The molecule has 1 heterocycles. The van der Waals surface area contributed by atoms with Crippen LogP contribution in [-0.2, 0) is 11.2 Å². The molecule has 0 radical (unpaired) electrons. The molecule has 140 valence electrons. The Labute approximate surface area is 159 Å². The first kappa shape index (κ1) is 18.9. The predicted octanol–water partition coefficient (Wildman–Crippen LogP) is 3.76. The van der Waals surface area contributed by atoms with Gasteiger partial charge < -0.3 is 13.9 Å². The Balaban J connectivity index is 1.47. The Morgan fingerprint density at radius 1 is 1.19 bits per heavy atom. The maximum atomic E-state index is 13.7. The molecule has 27 heavy (non-hydrogen) atoms. The molecule has 3 aromatic rings. The number of hydrogen-bond donors (Lipinski definition) is 0. The van der Waals surface area contributed by atoms with E-state index < -0.39 is 5.97 Å². The summed E-state index contributed by atoms with van der Waals surface area (Å²) in [6, 6.07) is 13.2. The summed E-state index contributed by atoms with van der Waals surface area (Å²) in [5.74, 6) is 0.790. The van der Waals surface area contributed by atoms with Crippen LogP contribution in [0, 0.1) is 5.82 Å². The van der Waals surface area contributed by atoms with Crippen LogP contribution in [0.4, 0.5) is 4.39 Å². The van der Waals surface area contributed by atoms with Crippen molar-refractivity contribution in [3.05, 3.63) is 71.4 Å². The van der Waals surface area contributed by atoms with E-state index in [1.165, 1.54) is 24.9 Å². The molecular weight excluding hydrogens is 371 g/mol. The molecule has 0 bridgehead atoms. The quantitative estimate of drug-likeness (QED) is 0.330. The number of benzene rings is 2. The maximum Gasteiger partial charge on any atom is 0.337 e. The highest BCUT2D eigenvalue weighted by Gasteiger charge is 2.10. The number of halogens is 1. The van der Waals surface area contributed by atoms with E-state index >= 15 is 0 Å². The highest BCUT2D eigenvalue weighted by Crippen LogP contribution is 2.20. The van der Waals surface area contributed by atoms with Crippen LogP contribution in [0.2, 0.25) is 0 Å². The Bertz CT molecular complexity index is 916. The second kappa shape index (κ2) is 9.18. The first-order chi connectivity index (χ1) is 13.2. The third kappa shape index (κ3) is 5.30. The number of ether oxygens (including phenoxy) is 2. The zero-order valence-corrected chi connectivity index (χ0v) is 15.4.